The normalized spacial score (nSPS) is 12.6. The summed E-state index contributed by atoms with van der Waals surface area (Å²) in [6.45, 7) is 3.32. The van der Waals surface area contributed by atoms with Crippen LogP contribution in [0.4, 0.5) is 0 Å². The lowest BCUT2D eigenvalue weighted by Crippen LogP contribution is -2.29. The van der Waals surface area contributed by atoms with E-state index in [-0.39, 0.29) is 19.4 Å². The molecule has 0 bridgehead atoms. The summed E-state index contributed by atoms with van der Waals surface area (Å²) < 4.78 is 25.5. The second kappa shape index (κ2) is 17.9. The second-order valence-corrected chi connectivity index (χ2v) is 8.50. The second-order valence-electron chi connectivity index (χ2n) is 7.26. The highest BCUT2D eigenvalue weighted by molar-refractivity contribution is 7.46. The van der Waals surface area contributed by atoms with E-state index in [2.05, 4.69) is 11.4 Å². The fraction of sp³-hybridized carbons (Fsp3) is 0.900. The number of phosphoric acid groups is 1. The highest BCUT2D eigenvalue weighted by atomic mass is 31.2. The van der Waals surface area contributed by atoms with Crippen LogP contribution >= 0.6 is 7.82 Å². The fourth-order valence-electron chi connectivity index (χ4n) is 2.70. The first-order chi connectivity index (χ1) is 13.8. The smallest absolute Gasteiger partial charge is 0.462 e. The average Bonchev–Trinajstić information content (AvgIpc) is 2.66. The maximum atomic E-state index is 12.0. The molecule has 0 aromatic heterocycles. The number of phosphoric ester groups is 1. The number of esters is 2. The molecule has 0 fully saturated rings. The van der Waals surface area contributed by atoms with Gasteiger partial charge >= 0.3 is 19.8 Å². The van der Waals surface area contributed by atoms with E-state index in [9.17, 15) is 14.2 Å². The van der Waals surface area contributed by atoms with Crippen molar-refractivity contribution in [2.24, 2.45) is 0 Å². The number of hydrogen-bond donors (Lipinski definition) is 2. The number of rotatable bonds is 19. The SMILES string of the molecule is CCCCCCCCCCCC(=O)O[C@H](COC(=O)CCCC)COP(=O)(O)O. The molecule has 0 unspecified atom stereocenters. The third-order valence-electron chi connectivity index (χ3n) is 4.38. The van der Waals surface area contributed by atoms with Crippen molar-refractivity contribution in [3.8, 4) is 0 Å². The van der Waals surface area contributed by atoms with Crippen molar-refractivity contribution in [2.75, 3.05) is 13.2 Å². The maximum Gasteiger partial charge on any atom is 0.469 e. The number of unbranched alkanes of at least 4 members (excludes halogenated alkanes) is 9. The molecule has 0 saturated carbocycles. The van der Waals surface area contributed by atoms with Crippen molar-refractivity contribution in [3.63, 3.8) is 0 Å². The minimum atomic E-state index is -4.70. The van der Waals surface area contributed by atoms with Gasteiger partial charge in [0.05, 0.1) is 6.61 Å². The lowest BCUT2D eigenvalue weighted by molar-refractivity contribution is -0.161. The molecule has 0 saturated heterocycles. The van der Waals surface area contributed by atoms with Crippen LogP contribution in [0.3, 0.4) is 0 Å². The molecule has 0 amide bonds. The van der Waals surface area contributed by atoms with E-state index in [1.165, 1.54) is 32.1 Å². The van der Waals surface area contributed by atoms with Gasteiger partial charge in [-0.3, -0.25) is 14.1 Å². The van der Waals surface area contributed by atoms with Crippen LogP contribution in [0.5, 0.6) is 0 Å². The van der Waals surface area contributed by atoms with Gasteiger partial charge in [0, 0.05) is 12.8 Å². The molecule has 172 valence electrons. The lowest BCUT2D eigenvalue weighted by atomic mass is 10.1. The quantitative estimate of drug-likeness (QED) is 0.170. The molecule has 1 atom stereocenters. The Bertz CT molecular complexity index is 477. The van der Waals surface area contributed by atoms with Crippen molar-refractivity contribution in [3.05, 3.63) is 0 Å². The first kappa shape index (κ1) is 28.1. The third kappa shape index (κ3) is 20.1. The number of carbonyl (C=O) groups excluding carboxylic acids is 2. The van der Waals surface area contributed by atoms with Crippen molar-refractivity contribution < 1.29 is 37.9 Å². The first-order valence-corrected chi connectivity index (χ1v) is 12.4. The lowest BCUT2D eigenvalue weighted by Gasteiger charge is -2.18. The van der Waals surface area contributed by atoms with Crippen molar-refractivity contribution in [1.82, 2.24) is 0 Å². The van der Waals surface area contributed by atoms with Crippen LogP contribution < -0.4 is 0 Å². The van der Waals surface area contributed by atoms with Gasteiger partial charge in [0.2, 0.25) is 0 Å². The van der Waals surface area contributed by atoms with Gasteiger partial charge in [-0.05, 0) is 12.8 Å². The molecule has 0 aromatic rings. The molecule has 2 N–H and O–H groups in total. The van der Waals surface area contributed by atoms with E-state index >= 15 is 0 Å². The van der Waals surface area contributed by atoms with Crippen molar-refractivity contribution >= 4 is 19.8 Å². The van der Waals surface area contributed by atoms with Crippen LogP contribution in [-0.2, 0) is 28.2 Å². The molecule has 0 spiro atoms. The van der Waals surface area contributed by atoms with Crippen LogP contribution in [0, 0.1) is 0 Å². The molecule has 29 heavy (non-hydrogen) atoms. The van der Waals surface area contributed by atoms with Gasteiger partial charge in [0.15, 0.2) is 6.10 Å². The molecule has 0 aliphatic rings. The minimum absolute atomic E-state index is 0.214. The molecule has 0 aliphatic heterocycles. The Hall–Kier alpha value is -0.950. The van der Waals surface area contributed by atoms with Gasteiger partial charge in [-0.25, -0.2) is 4.57 Å². The summed E-state index contributed by atoms with van der Waals surface area (Å²) in [5.41, 5.74) is 0. The standard InChI is InChI=1S/C20H39O8P/c1-3-5-7-8-9-10-11-12-13-15-20(22)28-18(17-27-29(23,24)25)16-26-19(21)14-6-4-2/h18H,3-17H2,1-2H3,(H2,23,24,25)/t18-/m1/s1. The van der Waals surface area contributed by atoms with E-state index in [4.69, 9.17) is 19.3 Å². The van der Waals surface area contributed by atoms with Gasteiger partial charge in [0.25, 0.3) is 0 Å². The minimum Gasteiger partial charge on any atom is -0.462 e. The summed E-state index contributed by atoms with van der Waals surface area (Å²) in [4.78, 5) is 41.2. The van der Waals surface area contributed by atoms with Crippen molar-refractivity contribution in [1.29, 1.82) is 0 Å². The van der Waals surface area contributed by atoms with E-state index in [0.29, 0.717) is 12.8 Å². The van der Waals surface area contributed by atoms with E-state index < -0.39 is 32.5 Å². The zero-order valence-electron chi connectivity index (χ0n) is 18.0. The number of hydrogen-bond acceptors (Lipinski definition) is 6. The molecule has 0 aromatic carbocycles. The Morgan fingerprint density at radius 1 is 0.759 bits per heavy atom. The van der Waals surface area contributed by atoms with Crippen LogP contribution in [0.25, 0.3) is 0 Å². The van der Waals surface area contributed by atoms with Crippen LogP contribution in [0.2, 0.25) is 0 Å². The Kier molecular flexibility index (Phi) is 17.3. The molecular weight excluding hydrogens is 399 g/mol. The fourth-order valence-corrected chi connectivity index (χ4v) is 3.06. The Balaban J connectivity index is 4.11. The molecule has 9 heteroatoms. The number of ether oxygens (including phenoxy) is 2. The van der Waals surface area contributed by atoms with Crippen molar-refractivity contribution in [2.45, 2.75) is 103 Å². The van der Waals surface area contributed by atoms with Gasteiger partial charge in [-0.15, -0.1) is 0 Å². The monoisotopic (exact) mass is 438 g/mol. The van der Waals surface area contributed by atoms with Crippen LogP contribution in [0.15, 0.2) is 0 Å². The molecular formula is C20H39O8P. The highest BCUT2D eigenvalue weighted by Crippen LogP contribution is 2.35. The Morgan fingerprint density at radius 2 is 1.28 bits per heavy atom. The predicted octanol–water partition coefficient (Wildman–Crippen LogP) is 4.66. The number of carbonyl (C=O) groups is 2. The Labute approximate surface area is 174 Å². The summed E-state index contributed by atoms with van der Waals surface area (Å²) in [5.74, 6) is -0.931. The highest BCUT2D eigenvalue weighted by Gasteiger charge is 2.22. The average molecular weight is 438 g/mol. The maximum absolute atomic E-state index is 12.0. The van der Waals surface area contributed by atoms with Gasteiger partial charge in [-0.2, -0.15) is 0 Å². The third-order valence-corrected chi connectivity index (χ3v) is 4.86. The topological polar surface area (TPSA) is 119 Å². The molecule has 8 nitrogen and oxygen atoms in total. The van der Waals surface area contributed by atoms with Crippen LogP contribution in [-0.4, -0.2) is 41.0 Å². The molecule has 0 heterocycles. The summed E-state index contributed by atoms with van der Waals surface area (Å²) in [6.07, 6.45) is 11.1. The largest absolute Gasteiger partial charge is 0.469 e. The molecule has 0 aliphatic carbocycles. The van der Waals surface area contributed by atoms with Crippen LogP contribution in [0.1, 0.15) is 97.3 Å². The van der Waals surface area contributed by atoms with E-state index in [1.807, 2.05) is 6.92 Å². The molecule has 0 rings (SSSR count). The zero-order valence-corrected chi connectivity index (χ0v) is 18.9. The first-order valence-electron chi connectivity index (χ1n) is 10.8. The summed E-state index contributed by atoms with van der Waals surface area (Å²) >= 11 is 0. The molecule has 0 radical (unpaired) electrons. The predicted molar refractivity (Wildman–Crippen MR) is 110 cm³/mol. The van der Waals surface area contributed by atoms with Gasteiger partial charge < -0.3 is 19.3 Å². The summed E-state index contributed by atoms with van der Waals surface area (Å²) in [6, 6.07) is 0. The summed E-state index contributed by atoms with van der Waals surface area (Å²) in [7, 11) is -4.70. The van der Waals surface area contributed by atoms with Gasteiger partial charge in [-0.1, -0.05) is 71.6 Å². The Morgan fingerprint density at radius 3 is 1.83 bits per heavy atom. The van der Waals surface area contributed by atoms with E-state index in [1.54, 1.807) is 0 Å². The van der Waals surface area contributed by atoms with Gasteiger partial charge in [0.1, 0.15) is 6.61 Å². The summed E-state index contributed by atoms with van der Waals surface area (Å²) in [5, 5.41) is 0. The zero-order chi connectivity index (χ0) is 22.0. The van der Waals surface area contributed by atoms with E-state index in [0.717, 1.165) is 25.7 Å².